The third kappa shape index (κ3) is 5.28. The van der Waals surface area contributed by atoms with E-state index in [9.17, 15) is 9.90 Å². The van der Waals surface area contributed by atoms with Crippen LogP contribution in [-0.2, 0) is 11.2 Å². The summed E-state index contributed by atoms with van der Waals surface area (Å²) in [7, 11) is 1.56. The van der Waals surface area contributed by atoms with Crippen LogP contribution in [0.25, 0.3) is 0 Å². The molecule has 4 nitrogen and oxygen atoms in total. The van der Waals surface area contributed by atoms with Crippen LogP contribution >= 0.6 is 11.8 Å². The van der Waals surface area contributed by atoms with Crippen molar-refractivity contribution in [2.24, 2.45) is 0 Å². The van der Waals surface area contributed by atoms with Gasteiger partial charge in [-0.05, 0) is 35.9 Å². The first-order valence-electron chi connectivity index (χ1n) is 8.50. The minimum Gasteiger partial charge on any atom is -0.497 e. The Morgan fingerprint density at radius 1 is 0.963 bits per heavy atom. The van der Waals surface area contributed by atoms with E-state index in [0.717, 1.165) is 15.4 Å². The van der Waals surface area contributed by atoms with E-state index >= 15 is 0 Å². The van der Waals surface area contributed by atoms with Gasteiger partial charge in [-0.15, -0.1) is 0 Å². The smallest absolute Gasteiger partial charge is 0.345 e. The van der Waals surface area contributed by atoms with Gasteiger partial charge in [0.15, 0.2) is 6.10 Å². The van der Waals surface area contributed by atoms with E-state index in [-0.39, 0.29) is 6.42 Å². The zero-order chi connectivity index (χ0) is 19.1. The van der Waals surface area contributed by atoms with Crippen LogP contribution < -0.4 is 9.47 Å². The number of benzene rings is 3. The van der Waals surface area contributed by atoms with Crippen LogP contribution in [-0.4, -0.2) is 24.3 Å². The molecule has 27 heavy (non-hydrogen) atoms. The average Bonchev–Trinajstić information content (AvgIpc) is 2.70. The Balaban J connectivity index is 1.79. The second-order valence-electron chi connectivity index (χ2n) is 5.85. The first-order valence-corrected chi connectivity index (χ1v) is 9.31. The molecule has 1 atom stereocenters. The normalized spacial score (nSPS) is 11.6. The summed E-state index contributed by atoms with van der Waals surface area (Å²) >= 11 is 1.61. The molecule has 0 aliphatic carbocycles. The molecule has 3 rings (SSSR count). The summed E-state index contributed by atoms with van der Waals surface area (Å²) in [6.45, 7) is 0. The first kappa shape index (κ1) is 18.9. The maximum absolute atomic E-state index is 11.8. The Labute approximate surface area is 162 Å². The highest BCUT2D eigenvalue weighted by Crippen LogP contribution is 2.31. The van der Waals surface area contributed by atoms with Gasteiger partial charge in [0.1, 0.15) is 11.5 Å². The number of carboxylic acids is 1. The first-order chi connectivity index (χ1) is 13.2. The van der Waals surface area contributed by atoms with E-state index in [1.165, 1.54) is 0 Å². The maximum Gasteiger partial charge on any atom is 0.345 e. The van der Waals surface area contributed by atoms with E-state index in [1.807, 2.05) is 54.6 Å². The summed E-state index contributed by atoms with van der Waals surface area (Å²) < 4.78 is 10.9. The summed E-state index contributed by atoms with van der Waals surface area (Å²) in [6, 6.07) is 24.8. The van der Waals surface area contributed by atoms with Crippen molar-refractivity contribution in [2.75, 3.05) is 7.11 Å². The quantitative estimate of drug-likeness (QED) is 0.601. The molecule has 0 aliphatic heterocycles. The van der Waals surface area contributed by atoms with Gasteiger partial charge in [-0.3, -0.25) is 0 Å². The molecule has 5 heteroatoms. The van der Waals surface area contributed by atoms with Crippen LogP contribution in [0.5, 0.6) is 11.5 Å². The van der Waals surface area contributed by atoms with E-state index in [0.29, 0.717) is 11.5 Å². The van der Waals surface area contributed by atoms with Gasteiger partial charge in [0.2, 0.25) is 0 Å². The van der Waals surface area contributed by atoms with E-state index in [1.54, 1.807) is 43.1 Å². The molecule has 138 valence electrons. The molecule has 0 saturated carbocycles. The minimum atomic E-state index is -1.00. The Hall–Kier alpha value is -2.92. The number of carboxylic acid groups (broad SMARTS) is 1. The van der Waals surface area contributed by atoms with Gasteiger partial charge in [0.25, 0.3) is 0 Å². The van der Waals surface area contributed by atoms with Gasteiger partial charge >= 0.3 is 5.97 Å². The van der Waals surface area contributed by atoms with Crippen molar-refractivity contribution in [2.45, 2.75) is 22.3 Å². The van der Waals surface area contributed by atoms with Gasteiger partial charge in [0.05, 0.1) is 7.11 Å². The number of hydrogen-bond donors (Lipinski definition) is 1. The van der Waals surface area contributed by atoms with E-state index in [4.69, 9.17) is 9.47 Å². The predicted octanol–water partition coefficient (Wildman–Crippen LogP) is 4.92. The van der Waals surface area contributed by atoms with Crippen LogP contribution in [0.2, 0.25) is 0 Å². The zero-order valence-electron chi connectivity index (χ0n) is 14.9. The lowest BCUT2D eigenvalue weighted by molar-refractivity contribution is -0.145. The molecule has 0 spiro atoms. The van der Waals surface area contributed by atoms with Crippen molar-refractivity contribution in [3.8, 4) is 11.5 Å². The molecule has 0 aromatic heterocycles. The molecule has 3 aromatic carbocycles. The maximum atomic E-state index is 11.8. The largest absolute Gasteiger partial charge is 0.497 e. The molecular formula is C22H20O4S. The summed E-state index contributed by atoms with van der Waals surface area (Å²) in [5.41, 5.74) is 0.932. The van der Waals surface area contributed by atoms with Gasteiger partial charge in [-0.1, -0.05) is 54.2 Å². The highest BCUT2D eigenvalue weighted by Gasteiger charge is 2.22. The van der Waals surface area contributed by atoms with Crippen molar-refractivity contribution >= 4 is 17.7 Å². The summed E-state index contributed by atoms with van der Waals surface area (Å²) in [5.74, 6) is 0.0870. The molecule has 3 aromatic rings. The second kappa shape index (κ2) is 9.14. The van der Waals surface area contributed by atoms with Gasteiger partial charge in [-0.25, -0.2) is 4.79 Å². The summed E-state index contributed by atoms with van der Waals surface area (Å²) in [5, 5.41) is 9.64. The average molecular weight is 380 g/mol. The van der Waals surface area contributed by atoms with Crippen molar-refractivity contribution in [3.63, 3.8) is 0 Å². The van der Waals surface area contributed by atoms with Crippen LogP contribution in [0, 0.1) is 0 Å². The highest BCUT2D eigenvalue weighted by molar-refractivity contribution is 7.99. The summed E-state index contributed by atoms with van der Waals surface area (Å²) in [4.78, 5) is 13.9. The fourth-order valence-corrected chi connectivity index (χ4v) is 3.58. The van der Waals surface area contributed by atoms with Crippen molar-refractivity contribution in [1.82, 2.24) is 0 Å². The summed E-state index contributed by atoms with van der Waals surface area (Å²) in [6.07, 6.45) is -0.725. The van der Waals surface area contributed by atoms with Crippen molar-refractivity contribution in [1.29, 1.82) is 0 Å². The third-order valence-electron chi connectivity index (χ3n) is 3.94. The van der Waals surface area contributed by atoms with Gasteiger partial charge < -0.3 is 14.6 Å². The number of methoxy groups -OCH3 is 1. The van der Waals surface area contributed by atoms with Crippen molar-refractivity contribution < 1.29 is 19.4 Å². The highest BCUT2D eigenvalue weighted by atomic mass is 32.2. The Morgan fingerprint density at radius 2 is 1.67 bits per heavy atom. The molecule has 0 heterocycles. The Morgan fingerprint density at radius 3 is 2.41 bits per heavy atom. The topological polar surface area (TPSA) is 55.8 Å². The van der Waals surface area contributed by atoms with Crippen LogP contribution in [0.15, 0.2) is 88.7 Å². The lowest BCUT2D eigenvalue weighted by Gasteiger charge is -2.17. The number of aliphatic carboxylic acids is 1. The molecule has 0 aliphatic rings. The van der Waals surface area contributed by atoms with Crippen LogP contribution in [0.1, 0.15) is 5.56 Å². The van der Waals surface area contributed by atoms with E-state index < -0.39 is 12.1 Å². The fourth-order valence-electron chi connectivity index (χ4n) is 2.61. The lowest BCUT2D eigenvalue weighted by atomic mass is 10.1. The Kier molecular flexibility index (Phi) is 6.39. The molecule has 0 unspecified atom stereocenters. The van der Waals surface area contributed by atoms with Crippen molar-refractivity contribution in [3.05, 3.63) is 84.4 Å². The van der Waals surface area contributed by atoms with Gasteiger partial charge in [-0.2, -0.15) is 0 Å². The SMILES string of the molecule is COc1cccc(O[C@@H](Cc2ccccc2Sc2ccccc2)C(=O)O)c1. The molecule has 0 amide bonds. The van der Waals surface area contributed by atoms with Crippen LogP contribution in [0.4, 0.5) is 0 Å². The van der Waals surface area contributed by atoms with Crippen LogP contribution in [0.3, 0.4) is 0 Å². The molecule has 0 fully saturated rings. The number of ether oxygens (including phenoxy) is 2. The molecule has 0 bridgehead atoms. The molecule has 1 N–H and O–H groups in total. The van der Waals surface area contributed by atoms with E-state index in [2.05, 4.69) is 0 Å². The number of hydrogen-bond acceptors (Lipinski definition) is 4. The Bertz CT molecular complexity index is 896. The second-order valence-corrected chi connectivity index (χ2v) is 6.97. The predicted molar refractivity (Wildman–Crippen MR) is 106 cm³/mol. The number of rotatable bonds is 8. The molecule has 0 radical (unpaired) electrons. The fraction of sp³-hybridized carbons (Fsp3) is 0.136. The number of carbonyl (C=O) groups is 1. The van der Waals surface area contributed by atoms with Gasteiger partial charge in [0, 0.05) is 22.3 Å². The zero-order valence-corrected chi connectivity index (χ0v) is 15.7. The standard InChI is InChI=1S/C22H20O4S/c1-25-17-9-7-10-18(15-17)26-20(22(23)24)14-16-8-5-6-13-21(16)27-19-11-3-2-4-12-19/h2-13,15,20H,14H2,1H3,(H,23,24)/t20-/m0/s1. The lowest BCUT2D eigenvalue weighted by Crippen LogP contribution is -2.29. The monoisotopic (exact) mass is 380 g/mol. The molecular weight excluding hydrogens is 360 g/mol. The minimum absolute atomic E-state index is 0.266. The third-order valence-corrected chi connectivity index (χ3v) is 5.07. The molecule has 0 saturated heterocycles.